The van der Waals surface area contributed by atoms with Crippen molar-refractivity contribution in [1.29, 1.82) is 0 Å². The van der Waals surface area contributed by atoms with Gasteiger partial charge in [0.25, 0.3) is 0 Å². The number of hydrogen-bond acceptors (Lipinski definition) is 3. The lowest BCUT2D eigenvalue weighted by Gasteiger charge is -2.13. The highest BCUT2D eigenvalue weighted by Gasteiger charge is 2.19. The zero-order chi connectivity index (χ0) is 18.2. The molecule has 2 rings (SSSR count). The Morgan fingerprint density at radius 3 is 2.44 bits per heavy atom. The lowest BCUT2D eigenvalue weighted by molar-refractivity contribution is 0.0496. The van der Waals surface area contributed by atoms with Crippen LogP contribution in [-0.2, 0) is 4.74 Å². The smallest absolute Gasteiger partial charge is 0.342 e. The molecule has 0 saturated heterocycles. The van der Waals surface area contributed by atoms with Crippen molar-refractivity contribution >= 4 is 32.7 Å². The molecule has 136 valence electrons. The normalized spacial score (nSPS) is 11.1. The van der Waals surface area contributed by atoms with E-state index >= 15 is 0 Å². The predicted molar refractivity (Wildman–Crippen MR) is 106 cm³/mol. The van der Waals surface area contributed by atoms with E-state index in [0.29, 0.717) is 17.9 Å². The van der Waals surface area contributed by atoms with Gasteiger partial charge >= 0.3 is 5.97 Å². The minimum Gasteiger partial charge on any atom is -0.496 e. The number of rotatable bonds is 9. The molecule has 0 amide bonds. The van der Waals surface area contributed by atoms with E-state index < -0.39 is 0 Å². The van der Waals surface area contributed by atoms with Gasteiger partial charge in [-0.05, 0) is 23.8 Å². The van der Waals surface area contributed by atoms with Crippen LogP contribution in [0, 0.1) is 5.92 Å². The molecule has 0 fully saturated rings. The van der Waals surface area contributed by atoms with E-state index in [-0.39, 0.29) is 5.97 Å². The summed E-state index contributed by atoms with van der Waals surface area (Å²) in [7, 11) is 1.57. The first-order valence-corrected chi connectivity index (χ1v) is 9.76. The zero-order valence-electron chi connectivity index (χ0n) is 15.3. The van der Waals surface area contributed by atoms with E-state index in [2.05, 4.69) is 29.8 Å². The SMILES string of the molecule is COc1cc(Br)c2ccccc2c1C(=O)OCCCCCCC(C)C. The molecule has 0 aliphatic carbocycles. The van der Waals surface area contributed by atoms with Crippen LogP contribution in [0.4, 0.5) is 0 Å². The van der Waals surface area contributed by atoms with Crippen molar-refractivity contribution < 1.29 is 14.3 Å². The molecule has 0 spiro atoms. The minimum absolute atomic E-state index is 0.317. The van der Waals surface area contributed by atoms with Gasteiger partial charge in [0.15, 0.2) is 0 Å². The van der Waals surface area contributed by atoms with Gasteiger partial charge in [0.1, 0.15) is 11.3 Å². The summed E-state index contributed by atoms with van der Waals surface area (Å²) in [5.41, 5.74) is 0.501. The van der Waals surface area contributed by atoms with Crippen LogP contribution in [-0.4, -0.2) is 19.7 Å². The van der Waals surface area contributed by atoms with Crippen molar-refractivity contribution in [2.75, 3.05) is 13.7 Å². The number of carbonyl (C=O) groups is 1. The third-order valence-electron chi connectivity index (χ3n) is 4.29. The number of halogens is 1. The van der Waals surface area contributed by atoms with E-state index in [1.165, 1.54) is 19.3 Å². The molecule has 0 N–H and O–H groups in total. The van der Waals surface area contributed by atoms with E-state index in [1.807, 2.05) is 30.3 Å². The van der Waals surface area contributed by atoms with Crippen molar-refractivity contribution in [3.05, 3.63) is 40.4 Å². The number of hydrogen-bond donors (Lipinski definition) is 0. The molecule has 2 aromatic carbocycles. The lowest BCUT2D eigenvalue weighted by Crippen LogP contribution is -2.09. The van der Waals surface area contributed by atoms with Crippen LogP contribution in [0.3, 0.4) is 0 Å². The monoisotopic (exact) mass is 406 g/mol. The molecule has 4 heteroatoms. The summed E-state index contributed by atoms with van der Waals surface area (Å²) in [6.07, 6.45) is 5.71. The van der Waals surface area contributed by atoms with Gasteiger partial charge in [0.05, 0.1) is 13.7 Å². The summed E-state index contributed by atoms with van der Waals surface area (Å²) >= 11 is 3.54. The molecule has 3 nitrogen and oxygen atoms in total. The van der Waals surface area contributed by atoms with Gasteiger partial charge in [-0.3, -0.25) is 0 Å². The number of esters is 1. The van der Waals surface area contributed by atoms with Gasteiger partial charge in [-0.25, -0.2) is 4.79 Å². The molecule has 0 atom stereocenters. The van der Waals surface area contributed by atoms with Crippen molar-refractivity contribution in [3.63, 3.8) is 0 Å². The molecule has 0 aliphatic rings. The molecular weight excluding hydrogens is 380 g/mol. The quantitative estimate of drug-likeness (QED) is 0.358. The molecule has 0 unspecified atom stereocenters. The summed E-state index contributed by atoms with van der Waals surface area (Å²) in [5, 5.41) is 1.82. The summed E-state index contributed by atoms with van der Waals surface area (Å²) in [4.78, 5) is 12.6. The summed E-state index contributed by atoms with van der Waals surface area (Å²) in [6.45, 7) is 4.95. The van der Waals surface area contributed by atoms with Gasteiger partial charge in [-0.2, -0.15) is 0 Å². The molecule has 0 radical (unpaired) electrons. The van der Waals surface area contributed by atoms with Crippen LogP contribution in [0.15, 0.2) is 34.8 Å². The fourth-order valence-corrected chi connectivity index (χ4v) is 3.48. The number of ether oxygens (including phenoxy) is 2. The van der Waals surface area contributed by atoms with Crippen LogP contribution in [0.5, 0.6) is 5.75 Å². The summed E-state index contributed by atoms with van der Waals surface area (Å²) < 4.78 is 11.8. The Labute approximate surface area is 158 Å². The first kappa shape index (κ1) is 19.8. The molecule has 0 aliphatic heterocycles. The van der Waals surface area contributed by atoms with Crippen molar-refractivity contribution in [2.24, 2.45) is 5.92 Å². The fourth-order valence-electron chi connectivity index (χ4n) is 2.92. The topological polar surface area (TPSA) is 35.5 Å². The Morgan fingerprint density at radius 1 is 1.08 bits per heavy atom. The van der Waals surface area contributed by atoms with E-state index in [4.69, 9.17) is 9.47 Å². The van der Waals surface area contributed by atoms with Gasteiger partial charge in [-0.15, -0.1) is 0 Å². The fraction of sp³-hybridized carbons (Fsp3) is 0.476. The van der Waals surface area contributed by atoms with Crippen LogP contribution < -0.4 is 4.74 Å². The van der Waals surface area contributed by atoms with Gasteiger partial charge < -0.3 is 9.47 Å². The third-order valence-corrected chi connectivity index (χ3v) is 4.95. The average molecular weight is 407 g/mol. The maximum Gasteiger partial charge on any atom is 0.342 e. The summed E-state index contributed by atoms with van der Waals surface area (Å²) in [5.74, 6) is 0.978. The number of fused-ring (bicyclic) bond motifs is 1. The Hall–Kier alpha value is -1.55. The van der Waals surface area contributed by atoms with Crippen molar-refractivity contribution in [3.8, 4) is 5.75 Å². The van der Waals surface area contributed by atoms with Gasteiger partial charge in [-0.1, -0.05) is 79.7 Å². The first-order chi connectivity index (χ1) is 12.0. The van der Waals surface area contributed by atoms with E-state index in [9.17, 15) is 4.79 Å². The Kier molecular flexibility index (Phi) is 7.76. The lowest BCUT2D eigenvalue weighted by atomic mass is 10.0. The van der Waals surface area contributed by atoms with Crippen LogP contribution in [0.25, 0.3) is 10.8 Å². The van der Waals surface area contributed by atoms with Gasteiger partial charge in [0, 0.05) is 9.86 Å². The maximum absolute atomic E-state index is 12.6. The molecule has 0 aromatic heterocycles. The van der Waals surface area contributed by atoms with Crippen LogP contribution in [0.1, 0.15) is 56.3 Å². The highest BCUT2D eigenvalue weighted by Crippen LogP contribution is 2.34. The zero-order valence-corrected chi connectivity index (χ0v) is 16.9. The highest BCUT2D eigenvalue weighted by atomic mass is 79.9. The molecule has 25 heavy (non-hydrogen) atoms. The van der Waals surface area contributed by atoms with Crippen LogP contribution >= 0.6 is 15.9 Å². The average Bonchev–Trinajstić information content (AvgIpc) is 2.60. The molecule has 0 heterocycles. The van der Waals surface area contributed by atoms with Crippen molar-refractivity contribution in [1.82, 2.24) is 0 Å². The second kappa shape index (κ2) is 9.81. The van der Waals surface area contributed by atoms with E-state index in [1.54, 1.807) is 7.11 Å². The number of methoxy groups -OCH3 is 1. The summed E-state index contributed by atoms with van der Waals surface area (Å²) in [6, 6.07) is 9.59. The molecule has 0 bridgehead atoms. The molecule has 0 saturated carbocycles. The maximum atomic E-state index is 12.6. The Bertz CT molecular complexity index is 710. The Morgan fingerprint density at radius 2 is 1.76 bits per heavy atom. The van der Waals surface area contributed by atoms with Gasteiger partial charge in [0.2, 0.25) is 0 Å². The number of unbranched alkanes of at least 4 members (excludes halogenated alkanes) is 3. The largest absolute Gasteiger partial charge is 0.496 e. The number of benzene rings is 2. The third kappa shape index (κ3) is 5.46. The Balaban J connectivity index is 1.98. The second-order valence-corrected chi connectivity index (χ2v) is 7.57. The molecular formula is C21H27BrO3. The highest BCUT2D eigenvalue weighted by molar-refractivity contribution is 9.10. The minimum atomic E-state index is -0.317. The predicted octanol–water partition coefficient (Wildman–Crippen LogP) is 6.37. The molecule has 2 aromatic rings. The standard InChI is InChI=1S/C21H27BrO3/c1-15(2)10-6-4-5-9-13-25-21(23)20-17-12-8-7-11-16(17)18(22)14-19(20)24-3/h7-8,11-12,14-15H,4-6,9-10,13H2,1-3H3. The van der Waals surface area contributed by atoms with E-state index in [0.717, 1.165) is 34.0 Å². The second-order valence-electron chi connectivity index (χ2n) is 6.71. The van der Waals surface area contributed by atoms with Crippen molar-refractivity contribution in [2.45, 2.75) is 46.0 Å². The number of carbonyl (C=O) groups excluding carboxylic acids is 1. The first-order valence-electron chi connectivity index (χ1n) is 8.97. The van der Waals surface area contributed by atoms with Crippen LogP contribution in [0.2, 0.25) is 0 Å².